The van der Waals surface area contributed by atoms with Crippen molar-refractivity contribution in [2.75, 3.05) is 12.5 Å². The molecule has 0 aliphatic carbocycles. The minimum absolute atomic E-state index is 1.32. The molecule has 0 fully saturated rings. The van der Waals surface area contributed by atoms with Gasteiger partial charge in [0.15, 0.2) is 0 Å². The number of rotatable bonds is 2. The third kappa shape index (κ3) is 4.14. The lowest BCUT2D eigenvalue weighted by Crippen LogP contribution is -1.72. The molecular weight excluding hydrogens is 328 g/mol. The summed E-state index contributed by atoms with van der Waals surface area (Å²) in [6.45, 7) is 0. The van der Waals surface area contributed by atoms with Gasteiger partial charge in [0.25, 0.3) is 0 Å². The molecule has 0 aliphatic heterocycles. The van der Waals surface area contributed by atoms with Crippen molar-refractivity contribution >= 4 is 45.1 Å². The zero-order valence-electron chi connectivity index (χ0n) is 13.9. The lowest BCUT2D eigenvalue weighted by molar-refractivity contribution is 1.51. The summed E-state index contributed by atoms with van der Waals surface area (Å²) >= 11 is 3.57. The molecule has 120 valence electrons. The minimum atomic E-state index is 1.32. The van der Waals surface area contributed by atoms with Crippen LogP contribution >= 0.6 is 23.5 Å². The first-order valence-electron chi connectivity index (χ1n) is 7.86. The third-order valence-corrected chi connectivity index (χ3v) is 5.36. The largest absolute Gasteiger partial charge is 0.130 e. The van der Waals surface area contributed by atoms with E-state index in [1.54, 1.807) is 23.5 Å². The van der Waals surface area contributed by atoms with Gasteiger partial charge in [-0.1, -0.05) is 60.7 Å². The molecular formula is C22H20S2. The van der Waals surface area contributed by atoms with E-state index in [4.69, 9.17) is 0 Å². The summed E-state index contributed by atoms with van der Waals surface area (Å²) in [4.78, 5) is 2.66. The maximum atomic E-state index is 2.22. The highest BCUT2D eigenvalue weighted by molar-refractivity contribution is 7.98. The Hall–Kier alpha value is -1.90. The predicted molar refractivity (Wildman–Crippen MR) is 111 cm³/mol. The molecule has 4 rings (SSSR count). The fourth-order valence-electron chi connectivity index (χ4n) is 2.59. The van der Waals surface area contributed by atoms with Crippen LogP contribution in [0.4, 0.5) is 0 Å². The smallest absolute Gasteiger partial charge is 0.00755 e. The van der Waals surface area contributed by atoms with Crippen molar-refractivity contribution in [3.05, 3.63) is 84.9 Å². The van der Waals surface area contributed by atoms with Gasteiger partial charge in [0.1, 0.15) is 0 Å². The molecule has 0 aliphatic rings. The minimum Gasteiger partial charge on any atom is -0.130 e. The van der Waals surface area contributed by atoms with E-state index in [-0.39, 0.29) is 0 Å². The summed E-state index contributed by atoms with van der Waals surface area (Å²) in [6.07, 6.45) is 4.20. The lowest BCUT2D eigenvalue weighted by atomic mass is 10.1. The van der Waals surface area contributed by atoms with Gasteiger partial charge in [0, 0.05) is 9.79 Å². The summed E-state index contributed by atoms with van der Waals surface area (Å²) in [5, 5.41) is 5.28. The fraction of sp³-hybridized carbons (Fsp3) is 0.0909. The molecule has 0 saturated heterocycles. The Morgan fingerprint density at radius 3 is 1.21 bits per heavy atom. The van der Waals surface area contributed by atoms with Gasteiger partial charge in [-0.15, -0.1) is 23.5 Å². The van der Waals surface area contributed by atoms with E-state index in [2.05, 4.69) is 97.4 Å². The second-order valence-corrected chi connectivity index (χ2v) is 7.19. The van der Waals surface area contributed by atoms with E-state index in [0.29, 0.717) is 0 Å². The molecule has 0 bridgehead atoms. The van der Waals surface area contributed by atoms with E-state index in [1.807, 2.05) is 0 Å². The first-order chi connectivity index (χ1) is 11.8. The highest BCUT2D eigenvalue weighted by Crippen LogP contribution is 2.22. The Balaban J connectivity index is 0.000000141. The second-order valence-electron chi connectivity index (χ2n) is 5.43. The highest BCUT2D eigenvalue weighted by Gasteiger charge is 1.93. The average Bonchev–Trinajstić information content (AvgIpc) is 2.67. The summed E-state index contributed by atoms with van der Waals surface area (Å²) in [6, 6.07) is 30.0. The maximum absolute atomic E-state index is 2.22. The molecule has 0 saturated carbocycles. The molecule has 0 spiro atoms. The van der Waals surface area contributed by atoms with Crippen LogP contribution in [0.25, 0.3) is 21.5 Å². The van der Waals surface area contributed by atoms with E-state index >= 15 is 0 Å². The Labute approximate surface area is 152 Å². The molecule has 0 atom stereocenters. The van der Waals surface area contributed by atoms with Crippen LogP contribution in [-0.4, -0.2) is 12.5 Å². The molecule has 0 amide bonds. The lowest BCUT2D eigenvalue weighted by Gasteiger charge is -1.99. The van der Waals surface area contributed by atoms with Crippen LogP contribution in [0.2, 0.25) is 0 Å². The van der Waals surface area contributed by atoms with E-state index in [0.717, 1.165) is 0 Å². The summed E-state index contributed by atoms with van der Waals surface area (Å²) < 4.78 is 0. The number of fused-ring (bicyclic) bond motifs is 2. The summed E-state index contributed by atoms with van der Waals surface area (Å²) in [7, 11) is 0. The summed E-state index contributed by atoms with van der Waals surface area (Å²) in [5.41, 5.74) is 0. The van der Waals surface area contributed by atoms with Crippen molar-refractivity contribution in [1.82, 2.24) is 0 Å². The molecule has 0 radical (unpaired) electrons. The molecule has 0 aromatic heterocycles. The Kier molecular flexibility index (Phi) is 5.84. The van der Waals surface area contributed by atoms with E-state index in [1.165, 1.54) is 31.3 Å². The van der Waals surface area contributed by atoms with Gasteiger partial charge in [-0.2, -0.15) is 0 Å². The molecule has 2 heteroatoms. The normalized spacial score (nSPS) is 10.4. The van der Waals surface area contributed by atoms with Gasteiger partial charge in [-0.3, -0.25) is 0 Å². The number of hydrogen-bond acceptors (Lipinski definition) is 2. The van der Waals surface area contributed by atoms with Crippen molar-refractivity contribution in [2.24, 2.45) is 0 Å². The molecule has 0 unspecified atom stereocenters. The number of hydrogen-bond donors (Lipinski definition) is 0. The maximum Gasteiger partial charge on any atom is 0.00755 e. The Morgan fingerprint density at radius 2 is 0.833 bits per heavy atom. The van der Waals surface area contributed by atoms with Gasteiger partial charge in [-0.25, -0.2) is 0 Å². The van der Waals surface area contributed by atoms with Gasteiger partial charge >= 0.3 is 0 Å². The standard InChI is InChI=1S/2C11H10S/c2*1-12-11-7-6-9-4-2-3-5-10(9)8-11/h2*2-8H,1H3. The monoisotopic (exact) mass is 348 g/mol. The van der Waals surface area contributed by atoms with Crippen LogP contribution in [-0.2, 0) is 0 Å². The highest BCUT2D eigenvalue weighted by atomic mass is 32.2. The molecule has 0 heterocycles. The van der Waals surface area contributed by atoms with Crippen LogP contribution in [0.5, 0.6) is 0 Å². The first kappa shape index (κ1) is 16.9. The molecule has 0 nitrogen and oxygen atoms in total. The van der Waals surface area contributed by atoms with Gasteiger partial charge in [0.2, 0.25) is 0 Å². The predicted octanol–water partition coefficient (Wildman–Crippen LogP) is 7.12. The second kappa shape index (κ2) is 8.27. The van der Waals surface area contributed by atoms with Crippen molar-refractivity contribution in [1.29, 1.82) is 0 Å². The molecule has 4 aromatic rings. The SMILES string of the molecule is CSc1ccc2ccccc2c1.CSc1ccc2ccccc2c1. The van der Waals surface area contributed by atoms with Gasteiger partial charge in [0.05, 0.1) is 0 Å². The molecule has 4 aromatic carbocycles. The van der Waals surface area contributed by atoms with E-state index < -0.39 is 0 Å². The van der Waals surface area contributed by atoms with E-state index in [9.17, 15) is 0 Å². The van der Waals surface area contributed by atoms with Crippen molar-refractivity contribution < 1.29 is 0 Å². The zero-order chi connectivity index (χ0) is 16.8. The zero-order valence-corrected chi connectivity index (χ0v) is 15.5. The van der Waals surface area contributed by atoms with Crippen LogP contribution in [0, 0.1) is 0 Å². The average molecular weight is 349 g/mol. The van der Waals surface area contributed by atoms with Crippen molar-refractivity contribution in [3.63, 3.8) is 0 Å². The third-order valence-electron chi connectivity index (χ3n) is 3.91. The topological polar surface area (TPSA) is 0 Å². The van der Waals surface area contributed by atoms with Crippen molar-refractivity contribution in [3.8, 4) is 0 Å². The van der Waals surface area contributed by atoms with Crippen molar-refractivity contribution in [2.45, 2.75) is 9.79 Å². The first-order valence-corrected chi connectivity index (χ1v) is 10.3. The van der Waals surface area contributed by atoms with Crippen LogP contribution in [0.3, 0.4) is 0 Å². The fourth-order valence-corrected chi connectivity index (χ4v) is 3.49. The number of thioether (sulfide) groups is 2. The van der Waals surface area contributed by atoms with Gasteiger partial charge in [-0.05, 0) is 58.3 Å². The van der Waals surface area contributed by atoms with Gasteiger partial charge < -0.3 is 0 Å². The summed E-state index contributed by atoms with van der Waals surface area (Å²) in [5.74, 6) is 0. The Morgan fingerprint density at radius 1 is 0.458 bits per heavy atom. The van der Waals surface area contributed by atoms with Crippen LogP contribution < -0.4 is 0 Å². The molecule has 24 heavy (non-hydrogen) atoms. The van der Waals surface area contributed by atoms with Crippen LogP contribution in [0.1, 0.15) is 0 Å². The van der Waals surface area contributed by atoms with Crippen LogP contribution in [0.15, 0.2) is 94.7 Å². The number of benzene rings is 4. The quantitative estimate of drug-likeness (QED) is 0.354. The Bertz CT molecular complexity index is 865. The molecule has 0 N–H and O–H groups in total.